The first-order valence-corrected chi connectivity index (χ1v) is 7.50. The standard InChI is InChI=1S/C15H16FN5O2/c1-8-18-14(21-20-8)13-9(5-6-22-13)7-17-15-19-12-10(16)3-2-4-11(12)23-15/h2-4,9,13H,5-7H2,1H3,(H,17,19)(H,18,20,21)/t9-,13-/m0/s1. The van der Waals surface area contributed by atoms with E-state index in [0.717, 1.165) is 12.2 Å². The summed E-state index contributed by atoms with van der Waals surface area (Å²) in [4.78, 5) is 8.48. The van der Waals surface area contributed by atoms with Crippen LogP contribution >= 0.6 is 0 Å². The number of hydrogen-bond acceptors (Lipinski definition) is 6. The Labute approximate surface area is 131 Å². The largest absolute Gasteiger partial charge is 0.423 e. The monoisotopic (exact) mass is 317 g/mol. The molecule has 4 rings (SSSR count). The van der Waals surface area contributed by atoms with Gasteiger partial charge in [-0.3, -0.25) is 5.10 Å². The van der Waals surface area contributed by atoms with Crippen molar-refractivity contribution >= 4 is 17.1 Å². The number of oxazole rings is 1. The van der Waals surface area contributed by atoms with Crippen LogP contribution in [0.15, 0.2) is 22.6 Å². The van der Waals surface area contributed by atoms with Gasteiger partial charge in [0.25, 0.3) is 6.01 Å². The fourth-order valence-corrected chi connectivity index (χ4v) is 2.82. The molecule has 3 heterocycles. The van der Waals surface area contributed by atoms with Gasteiger partial charge in [0, 0.05) is 19.1 Å². The van der Waals surface area contributed by atoms with Gasteiger partial charge >= 0.3 is 0 Å². The Kier molecular flexibility index (Phi) is 3.45. The van der Waals surface area contributed by atoms with E-state index in [0.29, 0.717) is 30.6 Å². The summed E-state index contributed by atoms with van der Waals surface area (Å²) in [5.41, 5.74) is 0.662. The van der Waals surface area contributed by atoms with E-state index in [9.17, 15) is 4.39 Å². The first-order valence-electron chi connectivity index (χ1n) is 7.50. The first-order chi connectivity index (χ1) is 11.2. The van der Waals surface area contributed by atoms with Crippen molar-refractivity contribution in [3.05, 3.63) is 35.7 Å². The van der Waals surface area contributed by atoms with Crippen LogP contribution in [0.2, 0.25) is 0 Å². The Bertz CT molecular complexity index is 830. The minimum Gasteiger partial charge on any atom is -0.423 e. The number of ether oxygens (including phenoxy) is 1. The number of rotatable bonds is 4. The predicted octanol–water partition coefficient (Wildman–Crippen LogP) is 2.58. The third kappa shape index (κ3) is 2.65. The summed E-state index contributed by atoms with van der Waals surface area (Å²) in [6, 6.07) is 4.95. The summed E-state index contributed by atoms with van der Waals surface area (Å²) in [6.45, 7) is 3.10. The molecular formula is C15H16FN5O2. The molecule has 1 aliphatic rings. The van der Waals surface area contributed by atoms with Crippen molar-refractivity contribution < 1.29 is 13.5 Å². The summed E-state index contributed by atoms with van der Waals surface area (Å²) in [7, 11) is 0. The molecule has 0 aliphatic carbocycles. The second kappa shape index (κ2) is 5.62. The number of halogens is 1. The molecule has 2 atom stereocenters. The van der Waals surface area contributed by atoms with Gasteiger partial charge in [-0.1, -0.05) is 6.07 Å². The lowest BCUT2D eigenvalue weighted by atomic mass is 10.0. The zero-order valence-electron chi connectivity index (χ0n) is 12.5. The van der Waals surface area contributed by atoms with Gasteiger partial charge in [-0.2, -0.15) is 10.1 Å². The van der Waals surface area contributed by atoms with Gasteiger partial charge in [-0.05, 0) is 25.5 Å². The second-order valence-corrected chi connectivity index (χ2v) is 5.61. The van der Waals surface area contributed by atoms with E-state index in [-0.39, 0.29) is 17.5 Å². The molecule has 1 aliphatic heterocycles. The molecule has 2 N–H and O–H groups in total. The molecule has 3 aromatic rings. The SMILES string of the molecule is Cc1nc([C@H]2OCC[C@H]2CNc2nc3c(F)cccc3o2)n[nH]1. The van der Waals surface area contributed by atoms with Crippen LogP contribution in [0, 0.1) is 18.7 Å². The van der Waals surface area contributed by atoms with E-state index >= 15 is 0 Å². The van der Waals surface area contributed by atoms with Crippen LogP contribution in [0.4, 0.5) is 10.4 Å². The molecule has 0 saturated carbocycles. The maximum Gasteiger partial charge on any atom is 0.295 e. The number of fused-ring (bicyclic) bond motifs is 1. The van der Waals surface area contributed by atoms with E-state index in [2.05, 4.69) is 25.5 Å². The minimum atomic E-state index is -0.391. The topological polar surface area (TPSA) is 88.9 Å². The zero-order chi connectivity index (χ0) is 15.8. The third-order valence-electron chi connectivity index (χ3n) is 3.97. The van der Waals surface area contributed by atoms with Gasteiger partial charge in [0.05, 0.1) is 0 Å². The number of anilines is 1. The second-order valence-electron chi connectivity index (χ2n) is 5.61. The zero-order valence-corrected chi connectivity index (χ0v) is 12.5. The fourth-order valence-electron chi connectivity index (χ4n) is 2.82. The van der Waals surface area contributed by atoms with Gasteiger partial charge in [0.15, 0.2) is 17.2 Å². The van der Waals surface area contributed by atoms with Crippen LogP contribution in [-0.4, -0.2) is 33.3 Å². The number of hydrogen-bond donors (Lipinski definition) is 2. The highest BCUT2D eigenvalue weighted by molar-refractivity contribution is 5.74. The maximum atomic E-state index is 13.6. The number of nitrogens with zero attached hydrogens (tertiary/aromatic N) is 3. The van der Waals surface area contributed by atoms with Crippen molar-refractivity contribution in [3.63, 3.8) is 0 Å². The lowest BCUT2D eigenvalue weighted by molar-refractivity contribution is 0.0863. The predicted molar refractivity (Wildman–Crippen MR) is 80.4 cm³/mol. The van der Waals surface area contributed by atoms with E-state index in [1.807, 2.05) is 6.92 Å². The molecule has 2 aromatic heterocycles. The van der Waals surface area contributed by atoms with Crippen LogP contribution in [0.5, 0.6) is 0 Å². The third-order valence-corrected chi connectivity index (χ3v) is 3.97. The molecule has 23 heavy (non-hydrogen) atoms. The van der Waals surface area contributed by atoms with E-state index in [1.54, 1.807) is 12.1 Å². The highest BCUT2D eigenvalue weighted by atomic mass is 19.1. The number of aryl methyl sites for hydroxylation is 1. The van der Waals surface area contributed by atoms with Crippen molar-refractivity contribution in [1.82, 2.24) is 20.2 Å². The van der Waals surface area contributed by atoms with Crippen LogP contribution in [0.3, 0.4) is 0 Å². The maximum absolute atomic E-state index is 13.6. The van der Waals surface area contributed by atoms with Crippen molar-refractivity contribution in [2.24, 2.45) is 5.92 Å². The normalized spacial score (nSPS) is 21.1. The quantitative estimate of drug-likeness (QED) is 0.769. The molecule has 8 heteroatoms. The Morgan fingerprint density at radius 1 is 1.39 bits per heavy atom. The molecule has 1 fully saturated rings. The highest BCUT2D eigenvalue weighted by Gasteiger charge is 2.32. The molecule has 120 valence electrons. The molecule has 0 amide bonds. The Hall–Kier alpha value is -2.48. The summed E-state index contributed by atoms with van der Waals surface area (Å²) in [5, 5.41) is 10.1. The van der Waals surface area contributed by atoms with E-state index < -0.39 is 5.82 Å². The van der Waals surface area contributed by atoms with Crippen LogP contribution in [0.25, 0.3) is 11.1 Å². The average Bonchev–Trinajstić information content (AvgIpc) is 3.23. The van der Waals surface area contributed by atoms with E-state index in [4.69, 9.17) is 9.15 Å². The van der Waals surface area contributed by atoms with Crippen molar-refractivity contribution in [2.75, 3.05) is 18.5 Å². The minimum absolute atomic E-state index is 0.159. The number of benzene rings is 1. The molecular weight excluding hydrogens is 301 g/mol. The van der Waals surface area contributed by atoms with E-state index in [1.165, 1.54) is 6.07 Å². The van der Waals surface area contributed by atoms with Crippen LogP contribution < -0.4 is 5.32 Å². The average molecular weight is 317 g/mol. The molecule has 0 unspecified atom stereocenters. The Balaban J connectivity index is 1.48. The fraction of sp³-hybridized carbons (Fsp3) is 0.400. The molecule has 1 aromatic carbocycles. The number of aromatic amines is 1. The van der Waals surface area contributed by atoms with Crippen LogP contribution in [-0.2, 0) is 4.74 Å². The smallest absolute Gasteiger partial charge is 0.295 e. The number of para-hydroxylation sites is 1. The number of H-pyrrole nitrogens is 1. The molecule has 1 saturated heterocycles. The summed E-state index contributed by atoms with van der Waals surface area (Å²) >= 11 is 0. The van der Waals surface area contributed by atoms with Crippen molar-refractivity contribution in [3.8, 4) is 0 Å². The summed E-state index contributed by atoms with van der Waals surface area (Å²) in [6.07, 6.45) is 0.730. The number of nitrogens with one attached hydrogen (secondary N) is 2. The highest BCUT2D eigenvalue weighted by Crippen LogP contribution is 2.33. The van der Waals surface area contributed by atoms with Gasteiger partial charge in [0.1, 0.15) is 17.4 Å². The van der Waals surface area contributed by atoms with Gasteiger partial charge in [-0.15, -0.1) is 0 Å². The lowest BCUT2D eigenvalue weighted by Crippen LogP contribution is -2.19. The molecule has 7 nitrogen and oxygen atoms in total. The number of aromatic nitrogens is 4. The van der Waals surface area contributed by atoms with Crippen molar-refractivity contribution in [2.45, 2.75) is 19.4 Å². The first kappa shape index (κ1) is 14.1. The summed E-state index contributed by atoms with van der Waals surface area (Å²) < 4.78 is 24.9. The van der Waals surface area contributed by atoms with Crippen molar-refractivity contribution in [1.29, 1.82) is 0 Å². The Morgan fingerprint density at radius 3 is 3.09 bits per heavy atom. The lowest BCUT2D eigenvalue weighted by Gasteiger charge is -2.15. The molecule has 0 bridgehead atoms. The van der Waals surface area contributed by atoms with Crippen LogP contribution in [0.1, 0.15) is 24.2 Å². The Morgan fingerprint density at radius 2 is 2.30 bits per heavy atom. The molecule has 0 radical (unpaired) electrons. The van der Waals surface area contributed by atoms with Gasteiger partial charge in [-0.25, -0.2) is 9.37 Å². The molecule has 0 spiro atoms. The van der Waals surface area contributed by atoms with Gasteiger partial charge < -0.3 is 14.5 Å². The summed E-state index contributed by atoms with van der Waals surface area (Å²) in [5.74, 6) is 1.23. The van der Waals surface area contributed by atoms with Gasteiger partial charge in [0.2, 0.25) is 0 Å².